The zero-order valence-electron chi connectivity index (χ0n) is 11.5. The number of furan rings is 1. The Labute approximate surface area is 124 Å². The summed E-state index contributed by atoms with van der Waals surface area (Å²) in [4.78, 5) is 37.9. The summed E-state index contributed by atoms with van der Waals surface area (Å²) < 4.78 is 6.32. The molecule has 2 heterocycles. The maximum atomic E-state index is 12.0. The summed E-state index contributed by atoms with van der Waals surface area (Å²) in [5.41, 5.74) is -0.147. The van der Waals surface area contributed by atoms with Gasteiger partial charge in [0, 0.05) is 13.1 Å². The van der Waals surface area contributed by atoms with Crippen LogP contribution in [0.4, 0.5) is 0 Å². The Morgan fingerprint density at radius 3 is 2.77 bits per heavy atom. The second-order valence-corrected chi connectivity index (χ2v) is 4.66. The molecule has 0 aliphatic rings. The molecule has 0 aliphatic heterocycles. The summed E-state index contributed by atoms with van der Waals surface area (Å²) in [6, 6.07) is 10.2. The number of carbonyl (C=O) groups is 1. The second kappa shape index (κ2) is 5.72. The van der Waals surface area contributed by atoms with Crippen LogP contribution in [-0.4, -0.2) is 22.0 Å². The van der Waals surface area contributed by atoms with Crippen molar-refractivity contribution in [3.05, 3.63) is 69.1 Å². The molecule has 0 atom stereocenters. The predicted molar refractivity (Wildman–Crippen MR) is 79.9 cm³/mol. The molecule has 2 N–H and O–H groups in total. The number of para-hydroxylation sites is 2. The zero-order chi connectivity index (χ0) is 15.5. The van der Waals surface area contributed by atoms with Gasteiger partial charge in [-0.2, -0.15) is 0 Å². The number of hydrogen-bond acceptors (Lipinski definition) is 4. The van der Waals surface area contributed by atoms with Gasteiger partial charge < -0.3 is 19.3 Å². The van der Waals surface area contributed by atoms with Gasteiger partial charge in [0.25, 0.3) is 5.91 Å². The maximum absolute atomic E-state index is 12.0. The van der Waals surface area contributed by atoms with Gasteiger partial charge in [-0.15, -0.1) is 0 Å². The van der Waals surface area contributed by atoms with Gasteiger partial charge in [-0.05, 0) is 24.3 Å². The van der Waals surface area contributed by atoms with Crippen molar-refractivity contribution < 1.29 is 9.21 Å². The molecule has 0 saturated carbocycles. The van der Waals surface area contributed by atoms with Crippen LogP contribution >= 0.6 is 0 Å². The van der Waals surface area contributed by atoms with Gasteiger partial charge in [-0.25, -0.2) is 0 Å². The fraction of sp³-hybridized carbons (Fsp3) is 0.133. The van der Waals surface area contributed by atoms with Crippen molar-refractivity contribution in [1.82, 2.24) is 14.9 Å². The van der Waals surface area contributed by atoms with Crippen LogP contribution in [-0.2, 0) is 6.54 Å². The molecule has 2 aromatic heterocycles. The molecule has 22 heavy (non-hydrogen) atoms. The Bertz CT molecular complexity index is 922. The molecule has 0 bridgehead atoms. The number of nitrogens with zero attached hydrogens (tertiary/aromatic N) is 1. The van der Waals surface area contributed by atoms with E-state index in [9.17, 15) is 14.4 Å². The number of aromatic amines is 1. The van der Waals surface area contributed by atoms with E-state index in [-0.39, 0.29) is 24.8 Å². The lowest BCUT2D eigenvalue weighted by atomic mass is 10.3. The molecule has 3 rings (SSSR count). The van der Waals surface area contributed by atoms with Crippen molar-refractivity contribution in [3.63, 3.8) is 0 Å². The average Bonchev–Trinajstić information content (AvgIpc) is 3.05. The van der Waals surface area contributed by atoms with Crippen molar-refractivity contribution in [2.75, 3.05) is 6.54 Å². The molecule has 7 nitrogen and oxygen atoms in total. The molecule has 0 spiro atoms. The van der Waals surface area contributed by atoms with Crippen molar-refractivity contribution in [2.24, 2.45) is 0 Å². The van der Waals surface area contributed by atoms with Crippen LogP contribution in [0.25, 0.3) is 11.0 Å². The Balaban J connectivity index is 1.82. The number of fused-ring (bicyclic) bond motifs is 1. The number of rotatable bonds is 4. The SMILES string of the molecule is O=C(NCCn1c(=O)c(=O)[nH]c2ccccc21)c1ccco1. The highest BCUT2D eigenvalue weighted by Crippen LogP contribution is 2.06. The van der Waals surface area contributed by atoms with Gasteiger partial charge in [0.1, 0.15) is 0 Å². The Morgan fingerprint density at radius 1 is 1.18 bits per heavy atom. The van der Waals surface area contributed by atoms with E-state index in [4.69, 9.17) is 4.42 Å². The Hall–Kier alpha value is -3.09. The van der Waals surface area contributed by atoms with Crippen LogP contribution in [0.3, 0.4) is 0 Å². The van der Waals surface area contributed by atoms with E-state index in [1.54, 1.807) is 36.4 Å². The smallest absolute Gasteiger partial charge is 0.316 e. The molecule has 0 radical (unpaired) electrons. The minimum atomic E-state index is -0.684. The molecule has 0 unspecified atom stereocenters. The summed E-state index contributed by atoms with van der Waals surface area (Å²) in [6.07, 6.45) is 1.41. The van der Waals surface area contributed by atoms with Gasteiger partial charge in [0.15, 0.2) is 5.76 Å². The third-order valence-electron chi connectivity index (χ3n) is 3.25. The fourth-order valence-electron chi connectivity index (χ4n) is 2.22. The minimum Gasteiger partial charge on any atom is -0.459 e. The zero-order valence-corrected chi connectivity index (χ0v) is 11.5. The molecular weight excluding hydrogens is 286 g/mol. The molecule has 1 amide bonds. The number of carbonyl (C=O) groups excluding carboxylic acids is 1. The summed E-state index contributed by atoms with van der Waals surface area (Å²) in [5, 5.41) is 2.64. The molecule has 0 saturated heterocycles. The summed E-state index contributed by atoms with van der Waals surface area (Å²) in [5.74, 6) is -0.171. The highest BCUT2D eigenvalue weighted by atomic mass is 16.3. The van der Waals surface area contributed by atoms with E-state index in [1.807, 2.05) is 0 Å². The van der Waals surface area contributed by atoms with Crippen LogP contribution in [0.5, 0.6) is 0 Å². The quantitative estimate of drug-likeness (QED) is 0.693. The van der Waals surface area contributed by atoms with E-state index in [1.165, 1.54) is 10.8 Å². The lowest BCUT2D eigenvalue weighted by Crippen LogP contribution is -2.39. The first kappa shape index (κ1) is 13.9. The lowest BCUT2D eigenvalue weighted by molar-refractivity contribution is 0.0924. The van der Waals surface area contributed by atoms with Crippen LogP contribution in [0.15, 0.2) is 56.7 Å². The van der Waals surface area contributed by atoms with Crippen LogP contribution < -0.4 is 16.4 Å². The van der Waals surface area contributed by atoms with E-state index < -0.39 is 11.1 Å². The third kappa shape index (κ3) is 2.56. The van der Waals surface area contributed by atoms with Gasteiger partial charge in [-0.1, -0.05) is 12.1 Å². The largest absolute Gasteiger partial charge is 0.459 e. The highest BCUT2D eigenvalue weighted by molar-refractivity contribution is 5.91. The molecule has 112 valence electrons. The Kier molecular flexibility index (Phi) is 3.61. The first-order valence-electron chi connectivity index (χ1n) is 6.70. The first-order valence-corrected chi connectivity index (χ1v) is 6.70. The van der Waals surface area contributed by atoms with Crippen molar-refractivity contribution in [3.8, 4) is 0 Å². The topological polar surface area (TPSA) is 97.1 Å². The van der Waals surface area contributed by atoms with Gasteiger partial charge in [-0.3, -0.25) is 14.4 Å². The molecule has 3 aromatic rings. The second-order valence-electron chi connectivity index (χ2n) is 4.66. The first-order chi connectivity index (χ1) is 10.7. The monoisotopic (exact) mass is 299 g/mol. The number of aromatic nitrogens is 2. The fourth-order valence-corrected chi connectivity index (χ4v) is 2.22. The number of benzene rings is 1. The highest BCUT2D eigenvalue weighted by Gasteiger charge is 2.09. The summed E-state index contributed by atoms with van der Waals surface area (Å²) in [7, 11) is 0. The van der Waals surface area contributed by atoms with E-state index in [0.717, 1.165) is 0 Å². The molecule has 7 heteroatoms. The maximum Gasteiger partial charge on any atom is 0.316 e. The standard InChI is InChI=1S/C15H13N3O4/c19-13(12-6-3-9-22-12)16-7-8-18-11-5-2-1-4-10(11)17-14(20)15(18)21/h1-6,9H,7-8H2,(H,16,19)(H,17,20). The van der Waals surface area contributed by atoms with E-state index in [0.29, 0.717) is 11.0 Å². The van der Waals surface area contributed by atoms with Crippen LogP contribution in [0.2, 0.25) is 0 Å². The van der Waals surface area contributed by atoms with E-state index in [2.05, 4.69) is 10.3 Å². The molecule has 0 fully saturated rings. The Morgan fingerprint density at radius 2 is 2.00 bits per heavy atom. The summed E-state index contributed by atoms with van der Waals surface area (Å²) in [6.45, 7) is 0.391. The van der Waals surface area contributed by atoms with Gasteiger partial charge >= 0.3 is 11.1 Å². The third-order valence-corrected chi connectivity index (χ3v) is 3.25. The average molecular weight is 299 g/mol. The molecule has 0 aliphatic carbocycles. The van der Waals surface area contributed by atoms with Crippen LogP contribution in [0, 0.1) is 0 Å². The minimum absolute atomic E-state index is 0.190. The van der Waals surface area contributed by atoms with E-state index >= 15 is 0 Å². The van der Waals surface area contributed by atoms with Crippen molar-refractivity contribution >= 4 is 16.9 Å². The number of amides is 1. The predicted octanol–water partition coefficient (Wildman–Crippen LogP) is 0.713. The molecular formula is C15H13N3O4. The molecule has 1 aromatic carbocycles. The summed E-state index contributed by atoms with van der Waals surface area (Å²) >= 11 is 0. The van der Waals surface area contributed by atoms with Crippen molar-refractivity contribution in [2.45, 2.75) is 6.54 Å². The van der Waals surface area contributed by atoms with Gasteiger partial charge in [0.05, 0.1) is 17.3 Å². The number of nitrogens with one attached hydrogen (secondary N) is 2. The number of hydrogen-bond donors (Lipinski definition) is 2. The normalized spacial score (nSPS) is 10.7. The number of H-pyrrole nitrogens is 1. The lowest BCUT2D eigenvalue weighted by Gasteiger charge is -2.09. The van der Waals surface area contributed by atoms with Gasteiger partial charge in [0.2, 0.25) is 0 Å². The van der Waals surface area contributed by atoms with Crippen LogP contribution in [0.1, 0.15) is 10.6 Å². The van der Waals surface area contributed by atoms with Crippen molar-refractivity contribution in [1.29, 1.82) is 0 Å².